The average Bonchev–Trinajstić information content (AvgIpc) is 3.31. The van der Waals surface area contributed by atoms with Crippen LogP contribution < -0.4 is 10.2 Å². The van der Waals surface area contributed by atoms with Crippen LogP contribution in [0.3, 0.4) is 0 Å². The number of urea groups is 1. The van der Waals surface area contributed by atoms with Gasteiger partial charge in [0, 0.05) is 32.9 Å². The Hall–Kier alpha value is -2.58. The van der Waals surface area contributed by atoms with Crippen molar-refractivity contribution in [1.82, 2.24) is 20.0 Å². The van der Waals surface area contributed by atoms with Crippen LogP contribution in [0, 0.1) is 11.3 Å². The third-order valence-electron chi connectivity index (χ3n) is 6.09. The van der Waals surface area contributed by atoms with Crippen LogP contribution in [0.2, 0.25) is 0 Å². The highest BCUT2D eigenvalue weighted by Crippen LogP contribution is 2.48. The summed E-state index contributed by atoms with van der Waals surface area (Å²) in [7, 11) is 1.78. The Kier molecular flexibility index (Phi) is 3.89. The van der Waals surface area contributed by atoms with E-state index in [2.05, 4.69) is 10.4 Å². The Morgan fingerprint density at radius 1 is 1.38 bits per heavy atom. The predicted molar refractivity (Wildman–Crippen MR) is 91.5 cm³/mol. The number of aromatic nitrogens is 2. The van der Waals surface area contributed by atoms with Gasteiger partial charge in [-0.2, -0.15) is 5.10 Å². The number of hydrogen-bond donors (Lipinski definition) is 2. The Morgan fingerprint density at radius 2 is 2.19 bits per heavy atom. The maximum absolute atomic E-state index is 12.6. The lowest BCUT2D eigenvalue weighted by atomic mass is 9.81. The lowest BCUT2D eigenvalue weighted by molar-refractivity contribution is -0.149. The second-order valence-electron chi connectivity index (χ2n) is 7.58. The van der Waals surface area contributed by atoms with Gasteiger partial charge < -0.3 is 20.2 Å². The summed E-state index contributed by atoms with van der Waals surface area (Å²) in [5, 5.41) is 16.5. The van der Waals surface area contributed by atoms with Crippen molar-refractivity contribution in [3.05, 3.63) is 12.4 Å². The first-order valence-corrected chi connectivity index (χ1v) is 8.99. The van der Waals surface area contributed by atoms with Crippen molar-refractivity contribution in [2.24, 2.45) is 18.4 Å². The molecule has 26 heavy (non-hydrogen) atoms. The third-order valence-corrected chi connectivity index (χ3v) is 6.09. The first-order valence-electron chi connectivity index (χ1n) is 8.99. The summed E-state index contributed by atoms with van der Waals surface area (Å²) in [5.74, 6) is -0.953. The smallest absolute Gasteiger partial charge is 0.318 e. The number of hydrogen-bond acceptors (Lipinski definition) is 4. The van der Waals surface area contributed by atoms with Crippen LogP contribution in [0.25, 0.3) is 0 Å². The molecule has 3 fully saturated rings. The number of amides is 3. The van der Waals surface area contributed by atoms with E-state index in [0.717, 1.165) is 18.5 Å². The van der Waals surface area contributed by atoms with Gasteiger partial charge in [0.05, 0.1) is 17.3 Å². The van der Waals surface area contributed by atoms with Crippen molar-refractivity contribution < 1.29 is 19.5 Å². The molecule has 1 aromatic heterocycles. The SMILES string of the molecule is Cn1cc(N2CCC(NC(=O)N3C[C@@H]4CCC[C@@]4(C(=O)O)C3)C2=O)cn1. The zero-order chi connectivity index (χ0) is 18.5. The molecule has 2 saturated heterocycles. The van der Waals surface area contributed by atoms with Crippen molar-refractivity contribution in [1.29, 1.82) is 0 Å². The molecule has 1 aromatic rings. The molecule has 3 heterocycles. The van der Waals surface area contributed by atoms with Gasteiger partial charge in [-0.1, -0.05) is 6.42 Å². The van der Waals surface area contributed by atoms with Crippen LogP contribution >= 0.6 is 0 Å². The minimum absolute atomic E-state index is 0.0110. The summed E-state index contributed by atoms with van der Waals surface area (Å²) < 4.78 is 1.63. The molecule has 3 atom stereocenters. The number of fused-ring (bicyclic) bond motifs is 1. The number of carbonyl (C=O) groups excluding carboxylic acids is 2. The highest BCUT2D eigenvalue weighted by Gasteiger charge is 2.56. The average molecular weight is 361 g/mol. The number of likely N-dealkylation sites (tertiary alicyclic amines) is 1. The first kappa shape index (κ1) is 16.9. The highest BCUT2D eigenvalue weighted by atomic mass is 16.4. The molecule has 0 aromatic carbocycles. The number of carboxylic acid groups (broad SMARTS) is 1. The van der Waals surface area contributed by atoms with Gasteiger partial charge in [-0.3, -0.25) is 14.3 Å². The minimum atomic E-state index is -0.810. The van der Waals surface area contributed by atoms with Crippen LogP contribution in [0.4, 0.5) is 10.5 Å². The molecular weight excluding hydrogens is 338 g/mol. The van der Waals surface area contributed by atoms with Crippen LogP contribution in [-0.2, 0) is 16.6 Å². The zero-order valence-corrected chi connectivity index (χ0v) is 14.7. The fourth-order valence-corrected chi connectivity index (χ4v) is 4.65. The number of nitrogens with zero attached hydrogens (tertiary/aromatic N) is 4. The van der Waals surface area contributed by atoms with E-state index in [1.165, 1.54) is 0 Å². The van der Waals surface area contributed by atoms with E-state index in [1.807, 2.05) is 0 Å². The minimum Gasteiger partial charge on any atom is -0.481 e. The van der Waals surface area contributed by atoms with Crippen molar-refractivity contribution in [2.75, 3.05) is 24.5 Å². The second kappa shape index (κ2) is 6.00. The van der Waals surface area contributed by atoms with Crippen molar-refractivity contribution >= 4 is 23.6 Å². The molecule has 1 aliphatic carbocycles. The van der Waals surface area contributed by atoms with Gasteiger partial charge in [0.15, 0.2) is 0 Å². The van der Waals surface area contributed by atoms with E-state index < -0.39 is 17.4 Å². The molecule has 2 aliphatic heterocycles. The van der Waals surface area contributed by atoms with E-state index in [9.17, 15) is 19.5 Å². The molecule has 140 valence electrons. The van der Waals surface area contributed by atoms with Gasteiger partial charge >= 0.3 is 12.0 Å². The molecule has 0 radical (unpaired) electrons. The molecule has 3 aliphatic rings. The molecular formula is C17H23N5O4. The number of nitrogens with one attached hydrogen (secondary N) is 1. The largest absolute Gasteiger partial charge is 0.481 e. The number of carboxylic acids is 1. The zero-order valence-electron chi connectivity index (χ0n) is 14.7. The summed E-state index contributed by atoms with van der Waals surface area (Å²) in [6.45, 7) is 1.20. The van der Waals surface area contributed by atoms with E-state index in [-0.39, 0.29) is 24.4 Å². The predicted octanol–water partition coefficient (Wildman–Crippen LogP) is 0.422. The topological polar surface area (TPSA) is 108 Å². The van der Waals surface area contributed by atoms with Crippen molar-refractivity contribution in [3.8, 4) is 0 Å². The lowest BCUT2D eigenvalue weighted by Crippen LogP contribution is -2.48. The summed E-state index contributed by atoms with van der Waals surface area (Å²) in [5.41, 5.74) is -0.0894. The van der Waals surface area contributed by atoms with Gasteiger partial charge in [0.1, 0.15) is 6.04 Å². The van der Waals surface area contributed by atoms with Gasteiger partial charge in [0.2, 0.25) is 5.91 Å². The maximum Gasteiger partial charge on any atom is 0.318 e. The number of anilines is 1. The Morgan fingerprint density at radius 3 is 2.85 bits per heavy atom. The van der Waals surface area contributed by atoms with E-state index in [4.69, 9.17) is 0 Å². The van der Waals surface area contributed by atoms with Crippen LogP contribution in [0.5, 0.6) is 0 Å². The van der Waals surface area contributed by atoms with Crippen LogP contribution in [0.15, 0.2) is 12.4 Å². The molecule has 9 nitrogen and oxygen atoms in total. The van der Waals surface area contributed by atoms with Crippen molar-refractivity contribution in [3.63, 3.8) is 0 Å². The highest BCUT2D eigenvalue weighted by molar-refractivity contribution is 6.01. The quantitative estimate of drug-likeness (QED) is 0.811. The molecule has 4 rings (SSSR count). The fraction of sp³-hybridized carbons (Fsp3) is 0.647. The maximum atomic E-state index is 12.6. The Balaban J connectivity index is 1.40. The summed E-state index contributed by atoms with van der Waals surface area (Å²) in [6.07, 6.45) is 6.27. The number of rotatable bonds is 3. The number of aliphatic carboxylic acids is 1. The van der Waals surface area contributed by atoms with Crippen LogP contribution in [-0.4, -0.2) is 63.4 Å². The van der Waals surface area contributed by atoms with E-state index in [0.29, 0.717) is 25.9 Å². The summed E-state index contributed by atoms with van der Waals surface area (Å²) in [4.78, 5) is 40.2. The normalized spacial score (nSPS) is 30.7. The van der Waals surface area contributed by atoms with Gasteiger partial charge in [-0.05, 0) is 25.2 Å². The van der Waals surface area contributed by atoms with Gasteiger partial charge in [-0.15, -0.1) is 0 Å². The van der Waals surface area contributed by atoms with Gasteiger partial charge in [-0.25, -0.2) is 4.79 Å². The second-order valence-corrected chi connectivity index (χ2v) is 7.58. The molecule has 0 bridgehead atoms. The monoisotopic (exact) mass is 361 g/mol. The molecule has 2 N–H and O–H groups in total. The number of aryl methyl sites for hydroxylation is 1. The summed E-state index contributed by atoms with van der Waals surface area (Å²) >= 11 is 0. The lowest BCUT2D eigenvalue weighted by Gasteiger charge is -2.24. The first-order chi connectivity index (χ1) is 12.4. The fourth-order valence-electron chi connectivity index (χ4n) is 4.65. The molecule has 1 unspecified atom stereocenters. The Labute approximate surface area is 150 Å². The van der Waals surface area contributed by atoms with Crippen molar-refractivity contribution in [2.45, 2.75) is 31.7 Å². The molecule has 9 heteroatoms. The van der Waals surface area contributed by atoms with Gasteiger partial charge in [0.25, 0.3) is 0 Å². The standard InChI is InChI=1S/C17H23N5O4/c1-20-9-12(7-18-20)22-6-4-13(14(22)23)19-16(26)21-8-11-3-2-5-17(11,10-21)15(24)25/h7,9,11,13H,2-6,8,10H2,1H3,(H,19,26)(H,24,25)/t11-,13?,17+/m0/s1. The molecule has 3 amide bonds. The molecule has 0 spiro atoms. The Bertz CT molecular complexity index is 762. The summed E-state index contributed by atoms with van der Waals surface area (Å²) in [6, 6.07) is -0.921. The molecule has 1 saturated carbocycles. The van der Waals surface area contributed by atoms with E-state index in [1.54, 1.807) is 33.9 Å². The third kappa shape index (κ3) is 2.53. The van der Waals surface area contributed by atoms with Crippen LogP contribution in [0.1, 0.15) is 25.7 Å². The number of carbonyl (C=O) groups is 3. The van der Waals surface area contributed by atoms with E-state index >= 15 is 0 Å².